The molecule has 6 nitrogen and oxygen atoms in total. The van der Waals surface area contributed by atoms with Crippen LogP contribution in [0.25, 0.3) is 10.2 Å². The number of nitrogens with zero attached hydrogens (tertiary/aromatic N) is 2. The van der Waals surface area contributed by atoms with Crippen molar-refractivity contribution in [3.8, 4) is 0 Å². The van der Waals surface area contributed by atoms with Gasteiger partial charge in [-0.25, -0.2) is 0 Å². The molecule has 1 heterocycles. The van der Waals surface area contributed by atoms with Crippen LogP contribution >= 0.6 is 11.3 Å². The average Bonchev–Trinajstić information content (AvgIpc) is 3.15. The summed E-state index contributed by atoms with van der Waals surface area (Å²) in [4.78, 5) is 42.6. The molecule has 7 heteroatoms. The summed E-state index contributed by atoms with van der Waals surface area (Å²) in [6, 6.07) is 19.5. The van der Waals surface area contributed by atoms with Crippen molar-refractivity contribution in [2.45, 2.75) is 27.3 Å². The third kappa shape index (κ3) is 4.89. The van der Waals surface area contributed by atoms with Gasteiger partial charge in [0.05, 0.1) is 16.8 Å². The Kier molecular flexibility index (Phi) is 6.84. The van der Waals surface area contributed by atoms with E-state index in [0.29, 0.717) is 21.5 Å². The summed E-state index contributed by atoms with van der Waals surface area (Å²) in [5.41, 5.74) is 4.38. The molecular formula is C27H24N2O4S. The van der Waals surface area contributed by atoms with E-state index in [2.05, 4.69) is 4.99 Å². The van der Waals surface area contributed by atoms with Crippen LogP contribution in [0.1, 0.15) is 44.3 Å². The van der Waals surface area contributed by atoms with E-state index in [-0.39, 0.29) is 24.9 Å². The predicted molar refractivity (Wildman–Crippen MR) is 132 cm³/mol. The number of fused-ring (bicyclic) bond motifs is 1. The van der Waals surface area contributed by atoms with Crippen LogP contribution in [0.2, 0.25) is 0 Å². The third-order valence-electron chi connectivity index (χ3n) is 5.33. The second-order valence-electron chi connectivity index (χ2n) is 7.89. The molecular weight excluding hydrogens is 448 g/mol. The Hall–Kier alpha value is -3.84. The molecule has 0 aliphatic rings. The van der Waals surface area contributed by atoms with E-state index in [9.17, 15) is 14.4 Å². The fourth-order valence-corrected chi connectivity index (χ4v) is 5.04. The molecule has 0 fully saturated rings. The molecule has 0 spiro atoms. The molecule has 0 atom stereocenters. The van der Waals surface area contributed by atoms with Crippen LogP contribution in [0.3, 0.4) is 0 Å². The van der Waals surface area contributed by atoms with Crippen LogP contribution in [0.4, 0.5) is 0 Å². The first-order valence-electron chi connectivity index (χ1n) is 10.9. The maximum atomic E-state index is 13.0. The van der Waals surface area contributed by atoms with Gasteiger partial charge in [0.1, 0.15) is 6.54 Å². The number of ketones is 1. The van der Waals surface area contributed by atoms with Crippen LogP contribution in [-0.4, -0.2) is 28.8 Å². The second-order valence-corrected chi connectivity index (χ2v) is 8.90. The number of benzene rings is 3. The lowest BCUT2D eigenvalue weighted by atomic mass is 10.0. The Morgan fingerprint density at radius 2 is 1.56 bits per heavy atom. The number of aromatic nitrogens is 1. The standard InChI is InChI=1S/C27H24N2O4S/c1-4-33-23(30)16-29-24-18(3)14-17(2)15-22(24)34-27(29)28-26(32)21-12-10-20(11-13-21)25(31)19-8-6-5-7-9-19/h5-15H,4,16H2,1-3H3. The van der Waals surface area contributed by atoms with Crippen LogP contribution in [0, 0.1) is 13.8 Å². The smallest absolute Gasteiger partial charge is 0.326 e. The highest BCUT2D eigenvalue weighted by molar-refractivity contribution is 7.16. The van der Waals surface area contributed by atoms with Crippen molar-refractivity contribution in [1.82, 2.24) is 4.57 Å². The quantitative estimate of drug-likeness (QED) is 0.297. The number of rotatable bonds is 6. The number of esters is 1. The van der Waals surface area contributed by atoms with Gasteiger partial charge in [0, 0.05) is 16.7 Å². The van der Waals surface area contributed by atoms with E-state index >= 15 is 0 Å². The van der Waals surface area contributed by atoms with Gasteiger partial charge in [0.15, 0.2) is 10.6 Å². The van der Waals surface area contributed by atoms with E-state index < -0.39 is 5.91 Å². The van der Waals surface area contributed by atoms with Gasteiger partial charge < -0.3 is 9.30 Å². The van der Waals surface area contributed by atoms with E-state index in [1.807, 2.05) is 44.2 Å². The number of thiazole rings is 1. The lowest BCUT2D eigenvalue weighted by molar-refractivity contribution is -0.143. The van der Waals surface area contributed by atoms with Crippen molar-refractivity contribution >= 4 is 39.2 Å². The predicted octanol–water partition coefficient (Wildman–Crippen LogP) is 4.85. The number of ether oxygens (including phenoxy) is 1. The molecule has 0 bridgehead atoms. The van der Waals surface area contributed by atoms with Crippen LogP contribution in [0.5, 0.6) is 0 Å². The van der Waals surface area contributed by atoms with Crippen LogP contribution in [0.15, 0.2) is 71.7 Å². The Labute approximate surface area is 201 Å². The summed E-state index contributed by atoms with van der Waals surface area (Å²) in [7, 11) is 0. The first-order chi connectivity index (χ1) is 16.4. The number of carbonyl (C=O) groups excluding carboxylic acids is 3. The highest BCUT2D eigenvalue weighted by Gasteiger charge is 2.15. The van der Waals surface area contributed by atoms with Crippen LogP contribution < -0.4 is 4.80 Å². The van der Waals surface area contributed by atoms with Crippen LogP contribution in [-0.2, 0) is 16.1 Å². The second kappa shape index (κ2) is 9.97. The molecule has 3 aromatic carbocycles. The molecule has 0 saturated heterocycles. The van der Waals surface area contributed by atoms with E-state index in [4.69, 9.17) is 4.74 Å². The zero-order valence-electron chi connectivity index (χ0n) is 19.2. The zero-order valence-corrected chi connectivity index (χ0v) is 20.0. The topological polar surface area (TPSA) is 77.7 Å². The van der Waals surface area contributed by atoms with E-state index in [0.717, 1.165) is 21.3 Å². The van der Waals surface area contributed by atoms with Gasteiger partial charge in [0.25, 0.3) is 5.91 Å². The van der Waals surface area contributed by atoms with Crippen molar-refractivity contribution in [1.29, 1.82) is 0 Å². The molecule has 0 radical (unpaired) electrons. The van der Waals surface area contributed by atoms with Gasteiger partial charge in [-0.3, -0.25) is 14.4 Å². The van der Waals surface area contributed by atoms with Crippen molar-refractivity contribution in [2.24, 2.45) is 4.99 Å². The molecule has 0 saturated carbocycles. The molecule has 0 unspecified atom stereocenters. The van der Waals surface area contributed by atoms with Gasteiger partial charge in [-0.2, -0.15) is 4.99 Å². The lowest BCUT2D eigenvalue weighted by Crippen LogP contribution is -2.23. The summed E-state index contributed by atoms with van der Waals surface area (Å²) in [5, 5.41) is 0. The lowest BCUT2D eigenvalue weighted by Gasteiger charge is -2.07. The fraction of sp³-hybridized carbons (Fsp3) is 0.185. The molecule has 1 amide bonds. The molecule has 0 N–H and O–H groups in total. The summed E-state index contributed by atoms with van der Waals surface area (Å²) < 4.78 is 7.81. The van der Waals surface area contributed by atoms with E-state index in [1.165, 1.54) is 11.3 Å². The van der Waals surface area contributed by atoms with E-state index in [1.54, 1.807) is 47.9 Å². The first kappa shape index (κ1) is 23.3. The third-order valence-corrected chi connectivity index (χ3v) is 6.36. The summed E-state index contributed by atoms with van der Waals surface area (Å²) in [6.07, 6.45) is 0. The maximum Gasteiger partial charge on any atom is 0.326 e. The molecule has 1 aromatic heterocycles. The summed E-state index contributed by atoms with van der Waals surface area (Å²) in [5.74, 6) is -0.948. The van der Waals surface area contributed by atoms with Crippen molar-refractivity contribution < 1.29 is 19.1 Å². The van der Waals surface area contributed by atoms with Gasteiger partial charge >= 0.3 is 5.97 Å². The Morgan fingerprint density at radius 3 is 2.24 bits per heavy atom. The number of hydrogen-bond acceptors (Lipinski definition) is 5. The van der Waals surface area contributed by atoms with Crippen molar-refractivity contribution in [3.05, 3.63) is 99.3 Å². The molecule has 172 valence electrons. The summed E-state index contributed by atoms with van der Waals surface area (Å²) in [6.45, 7) is 5.97. The van der Waals surface area contributed by atoms with Crippen molar-refractivity contribution in [2.75, 3.05) is 6.61 Å². The number of hydrogen-bond donors (Lipinski definition) is 0. The van der Waals surface area contributed by atoms with Gasteiger partial charge in [-0.1, -0.05) is 59.9 Å². The zero-order chi connectivity index (χ0) is 24.2. The summed E-state index contributed by atoms with van der Waals surface area (Å²) >= 11 is 1.35. The molecule has 0 aliphatic carbocycles. The Balaban J connectivity index is 1.70. The molecule has 4 rings (SSSR count). The minimum absolute atomic E-state index is 0.0334. The Morgan fingerprint density at radius 1 is 0.912 bits per heavy atom. The minimum atomic E-state index is -0.447. The highest BCUT2D eigenvalue weighted by atomic mass is 32.1. The van der Waals surface area contributed by atoms with Gasteiger partial charge in [-0.15, -0.1) is 0 Å². The largest absolute Gasteiger partial charge is 0.465 e. The minimum Gasteiger partial charge on any atom is -0.465 e. The fourth-order valence-electron chi connectivity index (χ4n) is 3.83. The average molecular weight is 473 g/mol. The SMILES string of the molecule is CCOC(=O)Cn1c(=NC(=O)c2ccc(C(=O)c3ccccc3)cc2)sc2cc(C)cc(C)c21. The van der Waals surface area contributed by atoms with Crippen molar-refractivity contribution in [3.63, 3.8) is 0 Å². The number of aryl methyl sites for hydroxylation is 2. The maximum absolute atomic E-state index is 13.0. The van der Waals surface area contributed by atoms with Gasteiger partial charge in [-0.05, 0) is 50.1 Å². The number of amides is 1. The Bertz CT molecular complexity index is 1450. The molecule has 0 aliphatic heterocycles. The first-order valence-corrected chi connectivity index (χ1v) is 11.7. The monoisotopic (exact) mass is 472 g/mol. The molecule has 4 aromatic rings. The normalized spacial score (nSPS) is 11.6. The molecule has 34 heavy (non-hydrogen) atoms. The highest BCUT2D eigenvalue weighted by Crippen LogP contribution is 2.23. The van der Waals surface area contributed by atoms with Gasteiger partial charge in [0.2, 0.25) is 0 Å². The number of carbonyl (C=O) groups is 3.